The van der Waals surface area contributed by atoms with Crippen molar-refractivity contribution in [2.75, 3.05) is 47.9 Å². The molecule has 1 aliphatic carbocycles. The number of unbranched alkanes of at least 4 members (excludes halogenated alkanes) is 1. The quantitative estimate of drug-likeness (QED) is 0.361. The number of carbonyl (C=O) groups excluding carboxylic acids is 2. The third-order valence-electron chi connectivity index (χ3n) is 8.21. The summed E-state index contributed by atoms with van der Waals surface area (Å²) in [5.41, 5.74) is 0.841. The molecule has 0 unspecified atom stereocenters. The number of nitrogens with zero attached hydrogens (tertiary/aromatic N) is 2. The van der Waals surface area contributed by atoms with Gasteiger partial charge < -0.3 is 23.7 Å². The summed E-state index contributed by atoms with van der Waals surface area (Å²) < 4.78 is 40.9. The smallest absolute Gasteiger partial charge is 0.327 e. The predicted octanol–water partition coefficient (Wildman–Crippen LogP) is 3.94. The third kappa shape index (κ3) is 5.72. The van der Waals surface area contributed by atoms with Crippen LogP contribution in [0.3, 0.4) is 0 Å². The highest BCUT2D eigenvalue weighted by Gasteiger charge is 2.51. The predicted molar refractivity (Wildman–Crippen MR) is 142 cm³/mol. The fourth-order valence-corrected chi connectivity index (χ4v) is 6.10. The summed E-state index contributed by atoms with van der Waals surface area (Å²) in [5, 5.41) is 0. The normalized spacial score (nSPS) is 23.4. The number of hydrogen-bond acceptors (Lipinski definition) is 9. The lowest BCUT2D eigenvalue weighted by atomic mass is 9.86. The van der Waals surface area contributed by atoms with E-state index in [4.69, 9.17) is 18.9 Å². The van der Waals surface area contributed by atoms with Crippen molar-refractivity contribution in [3.63, 3.8) is 0 Å². The minimum absolute atomic E-state index is 0.0534. The van der Waals surface area contributed by atoms with E-state index in [0.717, 1.165) is 49.2 Å². The number of carbonyl (C=O) groups is 2. The zero-order chi connectivity index (χ0) is 28.2. The Kier molecular flexibility index (Phi) is 9.38. The van der Waals surface area contributed by atoms with Gasteiger partial charge in [0.05, 0.1) is 13.5 Å². The van der Waals surface area contributed by atoms with Crippen molar-refractivity contribution in [1.29, 1.82) is 0 Å². The molecule has 10 heteroatoms. The molecule has 39 heavy (non-hydrogen) atoms. The minimum atomic E-state index is -1.32. The summed E-state index contributed by atoms with van der Waals surface area (Å²) in [7, 11) is 5.02. The average molecular weight is 549 g/mol. The van der Waals surface area contributed by atoms with Crippen LogP contribution in [0.4, 0.5) is 4.39 Å². The van der Waals surface area contributed by atoms with Gasteiger partial charge in [0.15, 0.2) is 17.6 Å². The number of rotatable bonds is 12. The molecule has 2 heterocycles. The molecule has 0 amide bonds. The van der Waals surface area contributed by atoms with Crippen LogP contribution in [-0.2, 0) is 30.2 Å². The van der Waals surface area contributed by atoms with Gasteiger partial charge in [0.25, 0.3) is 0 Å². The number of alkyl halides is 1. The standard InChI is InChI=1S/C29H41FN2O7/c1-6-8-11-32-12-9-19-13-22-23(38-18-37-22)14-20(19)26-21(32)15-24(35-5)27(26)39-28(34)29(10-7-2,31(3)4)16-25(33)36-17-30/h13-15,21,26-27H,6-12,16-18H2,1-5H3/t21-,26-,27+,29+/m0/s1. The summed E-state index contributed by atoms with van der Waals surface area (Å²) >= 11 is 0. The van der Waals surface area contributed by atoms with Crippen LogP contribution in [0, 0.1) is 0 Å². The molecule has 0 spiro atoms. The first-order chi connectivity index (χ1) is 18.8. The molecule has 2 aliphatic heterocycles. The molecule has 4 rings (SSSR count). The largest absolute Gasteiger partial charge is 0.497 e. The lowest BCUT2D eigenvalue weighted by Gasteiger charge is -2.39. The van der Waals surface area contributed by atoms with Gasteiger partial charge in [-0.2, -0.15) is 0 Å². The second-order valence-electron chi connectivity index (χ2n) is 10.6. The molecule has 0 aromatic heterocycles. The molecule has 0 fully saturated rings. The van der Waals surface area contributed by atoms with Crippen molar-refractivity contribution in [1.82, 2.24) is 9.80 Å². The second kappa shape index (κ2) is 12.6. The van der Waals surface area contributed by atoms with Crippen molar-refractivity contribution in [2.24, 2.45) is 0 Å². The zero-order valence-corrected chi connectivity index (χ0v) is 23.7. The van der Waals surface area contributed by atoms with Crippen LogP contribution in [0.2, 0.25) is 0 Å². The number of hydrogen-bond donors (Lipinski definition) is 0. The van der Waals surface area contributed by atoms with E-state index in [2.05, 4.69) is 22.6 Å². The number of benzene rings is 1. The van der Waals surface area contributed by atoms with Crippen molar-refractivity contribution in [3.05, 3.63) is 35.1 Å². The zero-order valence-electron chi connectivity index (χ0n) is 23.7. The first kappa shape index (κ1) is 29.1. The van der Waals surface area contributed by atoms with E-state index >= 15 is 0 Å². The Morgan fingerprint density at radius 3 is 2.56 bits per heavy atom. The molecule has 0 bridgehead atoms. The number of esters is 2. The third-order valence-corrected chi connectivity index (χ3v) is 8.21. The van der Waals surface area contributed by atoms with E-state index in [1.165, 1.54) is 0 Å². The summed E-state index contributed by atoms with van der Waals surface area (Å²) in [6.07, 6.45) is 4.90. The number of ether oxygens (including phenoxy) is 5. The number of methoxy groups -OCH3 is 1. The molecular weight excluding hydrogens is 507 g/mol. The topological polar surface area (TPSA) is 86.8 Å². The van der Waals surface area contributed by atoms with Crippen molar-refractivity contribution in [2.45, 2.75) is 76.0 Å². The summed E-state index contributed by atoms with van der Waals surface area (Å²) in [6.45, 7) is 4.77. The van der Waals surface area contributed by atoms with Gasteiger partial charge in [-0.15, -0.1) is 0 Å². The maximum absolute atomic E-state index is 14.1. The van der Waals surface area contributed by atoms with Crippen molar-refractivity contribution in [3.8, 4) is 11.5 Å². The Balaban J connectivity index is 1.74. The van der Waals surface area contributed by atoms with Crippen LogP contribution in [0.1, 0.15) is 63.0 Å². The van der Waals surface area contributed by atoms with Crippen LogP contribution >= 0.6 is 0 Å². The van der Waals surface area contributed by atoms with E-state index in [1.807, 2.05) is 19.1 Å². The van der Waals surface area contributed by atoms with Gasteiger partial charge in [0, 0.05) is 18.5 Å². The molecule has 9 nitrogen and oxygen atoms in total. The van der Waals surface area contributed by atoms with Gasteiger partial charge in [-0.05, 0) is 69.2 Å². The molecule has 0 saturated carbocycles. The Morgan fingerprint density at radius 2 is 1.92 bits per heavy atom. The first-order valence-electron chi connectivity index (χ1n) is 13.8. The second-order valence-corrected chi connectivity index (χ2v) is 10.6. The van der Waals surface area contributed by atoms with Crippen LogP contribution in [0.5, 0.6) is 11.5 Å². The highest BCUT2D eigenvalue weighted by atomic mass is 19.1. The first-order valence-corrected chi connectivity index (χ1v) is 13.8. The van der Waals surface area contributed by atoms with E-state index in [9.17, 15) is 14.0 Å². The van der Waals surface area contributed by atoms with E-state index in [0.29, 0.717) is 24.4 Å². The molecule has 0 N–H and O–H groups in total. The lowest BCUT2D eigenvalue weighted by Crippen LogP contribution is -2.55. The maximum Gasteiger partial charge on any atom is 0.327 e. The van der Waals surface area contributed by atoms with Gasteiger partial charge in [0.2, 0.25) is 13.7 Å². The molecule has 3 aliphatic rings. The molecule has 216 valence electrons. The van der Waals surface area contributed by atoms with Crippen LogP contribution < -0.4 is 9.47 Å². The van der Waals surface area contributed by atoms with Crippen LogP contribution in [-0.4, -0.2) is 87.4 Å². The monoisotopic (exact) mass is 548 g/mol. The van der Waals surface area contributed by atoms with Crippen molar-refractivity contribution < 1.29 is 37.7 Å². The van der Waals surface area contributed by atoms with Gasteiger partial charge in [0.1, 0.15) is 11.3 Å². The Hall–Kier alpha value is -2.85. The van der Waals surface area contributed by atoms with Crippen molar-refractivity contribution >= 4 is 11.9 Å². The molecular formula is C29H41FN2O7. The average Bonchev–Trinajstić information content (AvgIpc) is 3.47. The van der Waals surface area contributed by atoms with E-state index < -0.39 is 30.4 Å². The maximum atomic E-state index is 14.1. The molecule has 0 saturated heterocycles. The highest BCUT2D eigenvalue weighted by molar-refractivity contribution is 5.87. The van der Waals surface area contributed by atoms with Crippen LogP contribution in [0.15, 0.2) is 24.0 Å². The summed E-state index contributed by atoms with van der Waals surface area (Å²) in [6, 6.07) is 3.99. The van der Waals surface area contributed by atoms with Gasteiger partial charge in [-0.25, -0.2) is 9.18 Å². The summed E-state index contributed by atoms with van der Waals surface area (Å²) in [4.78, 5) is 30.6. The number of likely N-dealkylation sites (N-methyl/N-ethyl adjacent to an activating group) is 1. The molecule has 1 aromatic rings. The molecule has 0 radical (unpaired) electrons. The van der Waals surface area contributed by atoms with Crippen LogP contribution in [0.25, 0.3) is 0 Å². The minimum Gasteiger partial charge on any atom is -0.497 e. The van der Waals surface area contributed by atoms with Gasteiger partial charge >= 0.3 is 11.9 Å². The molecule has 4 atom stereocenters. The number of halogens is 1. The van der Waals surface area contributed by atoms with E-state index in [1.54, 1.807) is 26.1 Å². The SMILES string of the molecule is CCCCN1CCc2cc3c(cc2[C@@H]2[C@H](OC(=O)[C@@](CCC)(CC(=O)OCF)N(C)C)C(OC)=C[C@@H]21)OCO3. The fraction of sp³-hybridized carbons (Fsp3) is 0.655. The molecule has 1 aromatic carbocycles. The van der Waals surface area contributed by atoms with E-state index in [-0.39, 0.29) is 25.2 Å². The van der Waals surface area contributed by atoms with Gasteiger partial charge in [-0.1, -0.05) is 26.7 Å². The highest BCUT2D eigenvalue weighted by Crippen LogP contribution is 2.47. The van der Waals surface area contributed by atoms with Gasteiger partial charge in [-0.3, -0.25) is 14.6 Å². The number of fused-ring (bicyclic) bond motifs is 4. The Labute approximate surface area is 230 Å². The Bertz CT molecular complexity index is 1080. The fourth-order valence-electron chi connectivity index (χ4n) is 6.10. The summed E-state index contributed by atoms with van der Waals surface area (Å²) in [5.74, 6) is 0.368. The Morgan fingerprint density at radius 1 is 1.18 bits per heavy atom. The lowest BCUT2D eigenvalue weighted by molar-refractivity contribution is -0.170.